The second-order valence-electron chi connectivity index (χ2n) is 6.35. The lowest BCUT2D eigenvalue weighted by Gasteiger charge is -2.08. The van der Waals surface area contributed by atoms with E-state index in [1.807, 2.05) is 18.2 Å². The van der Waals surface area contributed by atoms with Crippen molar-refractivity contribution in [3.63, 3.8) is 0 Å². The van der Waals surface area contributed by atoms with Crippen molar-refractivity contribution in [3.8, 4) is 0 Å². The summed E-state index contributed by atoms with van der Waals surface area (Å²) in [5.41, 5.74) is 0.769. The maximum Gasteiger partial charge on any atom is 0.303 e. The molecular formula is C20H30O4. The van der Waals surface area contributed by atoms with Crippen LogP contribution in [-0.2, 0) is 9.59 Å². The van der Waals surface area contributed by atoms with E-state index in [9.17, 15) is 14.7 Å². The lowest BCUT2D eigenvalue weighted by atomic mass is 9.98. The lowest BCUT2D eigenvalue weighted by molar-refractivity contribution is -0.137. The highest BCUT2D eigenvalue weighted by molar-refractivity contribution is 6.07. The number of rotatable bonds is 12. The van der Waals surface area contributed by atoms with Crippen LogP contribution >= 0.6 is 0 Å². The number of carboxylic acid groups (broad SMARTS) is 1. The van der Waals surface area contributed by atoms with Gasteiger partial charge in [0.25, 0.3) is 0 Å². The highest BCUT2D eigenvalue weighted by Gasteiger charge is 2.20. The monoisotopic (exact) mass is 334 g/mol. The number of aliphatic hydroxyl groups excluding tert-OH is 1. The van der Waals surface area contributed by atoms with Gasteiger partial charge in [-0.25, -0.2) is 0 Å². The van der Waals surface area contributed by atoms with Crippen LogP contribution in [0.4, 0.5) is 0 Å². The molecular weight excluding hydrogens is 304 g/mol. The van der Waals surface area contributed by atoms with Gasteiger partial charge in [-0.1, -0.05) is 56.9 Å². The van der Waals surface area contributed by atoms with Gasteiger partial charge in [0.1, 0.15) is 0 Å². The van der Waals surface area contributed by atoms with Gasteiger partial charge in [-0.15, -0.1) is 0 Å². The van der Waals surface area contributed by atoms with E-state index in [4.69, 9.17) is 5.11 Å². The van der Waals surface area contributed by atoms with E-state index in [1.54, 1.807) is 12.2 Å². The molecule has 2 atom stereocenters. The third kappa shape index (κ3) is 8.25. The molecule has 0 spiro atoms. The van der Waals surface area contributed by atoms with Crippen LogP contribution in [-0.4, -0.2) is 28.1 Å². The highest BCUT2D eigenvalue weighted by Crippen LogP contribution is 2.24. The van der Waals surface area contributed by atoms with Crippen LogP contribution in [0.5, 0.6) is 0 Å². The summed E-state index contributed by atoms with van der Waals surface area (Å²) in [7, 11) is 0. The molecule has 1 aliphatic carbocycles. The first kappa shape index (κ1) is 20.4. The van der Waals surface area contributed by atoms with Crippen molar-refractivity contribution < 1.29 is 19.8 Å². The Labute approximate surface area is 145 Å². The number of carboxylic acids is 1. The van der Waals surface area contributed by atoms with Gasteiger partial charge in [0, 0.05) is 17.9 Å². The smallest absolute Gasteiger partial charge is 0.303 e. The average Bonchev–Trinajstić information content (AvgIpc) is 2.89. The molecule has 2 N–H and O–H groups in total. The van der Waals surface area contributed by atoms with E-state index in [-0.39, 0.29) is 18.1 Å². The number of hydrogen-bond acceptors (Lipinski definition) is 3. The molecule has 1 aliphatic rings. The van der Waals surface area contributed by atoms with Crippen molar-refractivity contribution in [1.29, 1.82) is 0 Å². The van der Waals surface area contributed by atoms with E-state index in [0.717, 1.165) is 50.5 Å². The fourth-order valence-corrected chi connectivity index (χ4v) is 2.76. The molecule has 0 aromatic rings. The molecule has 0 radical (unpaired) electrons. The summed E-state index contributed by atoms with van der Waals surface area (Å²) in [6, 6.07) is 0. The molecule has 134 valence electrons. The predicted octanol–water partition coefficient (Wildman–Crippen LogP) is 4.20. The zero-order chi connectivity index (χ0) is 17.8. The van der Waals surface area contributed by atoms with E-state index in [2.05, 4.69) is 6.92 Å². The van der Waals surface area contributed by atoms with E-state index < -0.39 is 12.1 Å². The van der Waals surface area contributed by atoms with Gasteiger partial charge >= 0.3 is 5.97 Å². The number of unbranched alkanes of at least 4 members (excludes halogenated alkanes) is 5. The van der Waals surface area contributed by atoms with Crippen LogP contribution in [0.25, 0.3) is 0 Å². The second kappa shape index (κ2) is 11.8. The molecule has 24 heavy (non-hydrogen) atoms. The van der Waals surface area contributed by atoms with Gasteiger partial charge in [-0.3, -0.25) is 9.59 Å². The first-order valence-electron chi connectivity index (χ1n) is 9.05. The van der Waals surface area contributed by atoms with Crippen molar-refractivity contribution in [2.45, 2.75) is 70.8 Å². The molecule has 0 aromatic heterocycles. The van der Waals surface area contributed by atoms with Gasteiger partial charge in [0.15, 0.2) is 5.78 Å². The maximum atomic E-state index is 11.9. The first-order chi connectivity index (χ1) is 11.5. The summed E-state index contributed by atoms with van der Waals surface area (Å²) in [6.45, 7) is 2.13. The number of carbonyl (C=O) groups excluding carboxylic acids is 1. The van der Waals surface area contributed by atoms with Gasteiger partial charge in [-0.05, 0) is 31.8 Å². The largest absolute Gasteiger partial charge is 0.481 e. The number of allylic oxidation sites excluding steroid dienone is 5. The molecule has 4 heteroatoms. The summed E-state index contributed by atoms with van der Waals surface area (Å²) < 4.78 is 0. The third-order valence-electron chi connectivity index (χ3n) is 4.20. The summed E-state index contributed by atoms with van der Waals surface area (Å²) in [5, 5.41) is 18.5. The molecule has 0 saturated carbocycles. The minimum atomic E-state index is -0.758. The Morgan fingerprint density at radius 3 is 2.75 bits per heavy atom. The molecule has 1 rings (SSSR count). The van der Waals surface area contributed by atoms with Crippen LogP contribution in [0.3, 0.4) is 0 Å². The number of hydrogen-bond donors (Lipinski definition) is 2. The number of ketones is 1. The van der Waals surface area contributed by atoms with Crippen LogP contribution in [0.1, 0.15) is 64.7 Å². The molecule has 0 unspecified atom stereocenters. The summed E-state index contributed by atoms with van der Waals surface area (Å²) in [5.74, 6) is -0.765. The summed E-state index contributed by atoms with van der Waals surface area (Å²) in [6.07, 6.45) is 16.1. The Hall–Kier alpha value is -1.68. The fraction of sp³-hybridized carbons (Fsp3) is 0.600. The Morgan fingerprint density at radius 1 is 1.25 bits per heavy atom. The number of carbonyl (C=O) groups is 2. The van der Waals surface area contributed by atoms with Crippen LogP contribution in [0, 0.1) is 5.92 Å². The molecule has 0 aromatic carbocycles. The molecule has 0 aliphatic heterocycles. The Bertz CT molecular complexity index is 488. The Balaban J connectivity index is 2.40. The van der Waals surface area contributed by atoms with E-state index >= 15 is 0 Å². The van der Waals surface area contributed by atoms with Crippen LogP contribution in [0.2, 0.25) is 0 Å². The van der Waals surface area contributed by atoms with Gasteiger partial charge in [0.2, 0.25) is 0 Å². The van der Waals surface area contributed by atoms with Crippen LogP contribution in [0.15, 0.2) is 36.0 Å². The molecule has 0 fully saturated rings. The molecule has 0 heterocycles. The highest BCUT2D eigenvalue weighted by atomic mass is 16.4. The second-order valence-corrected chi connectivity index (χ2v) is 6.35. The standard InChI is InChI=1S/C20H30O4/c1-2-3-6-9-17(21)14-12-16-13-15-19(22)18(16)10-7-4-5-8-11-20(23)24/h10,12-17,21H,2-9,11H2,1H3,(H,23,24)/b14-12+,18-10+/t16-,17+/m0/s1. The Kier molecular flexibility index (Phi) is 10.0. The number of aliphatic hydroxyl groups is 1. The molecule has 0 bridgehead atoms. The third-order valence-corrected chi connectivity index (χ3v) is 4.20. The van der Waals surface area contributed by atoms with Crippen molar-refractivity contribution in [1.82, 2.24) is 0 Å². The average molecular weight is 334 g/mol. The normalized spacial score (nSPS) is 20.3. The maximum absolute atomic E-state index is 11.9. The minimum absolute atomic E-state index is 0.0376. The summed E-state index contributed by atoms with van der Waals surface area (Å²) >= 11 is 0. The number of aliphatic carboxylic acids is 1. The Morgan fingerprint density at radius 2 is 2.04 bits per heavy atom. The van der Waals surface area contributed by atoms with Gasteiger partial charge < -0.3 is 10.2 Å². The quantitative estimate of drug-likeness (QED) is 0.319. The summed E-state index contributed by atoms with van der Waals surface area (Å²) in [4.78, 5) is 22.4. The first-order valence-corrected chi connectivity index (χ1v) is 9.05. The van der Waals surface area contributed by atoms with Gasteiger partial charge in [-0.2, -0.15) is 0 Å². The molecule has 4 nitrogen and oxygen atoms in total. The SMILES string of the molecule is CCCCC[C@@H](O)/C=C/[C@H]1C=CC(=O)/C1=C/CCCCCC(=O)O. The zero-order valence-electron chi connectivity index (χ0n) is 14.6. The fourth-order valence-electron chi connectivity index (χ4n) is 2.76. The van der Waals surface area contributed by atoms with Crippen LogP contribution < -0.4 is 0 Å². The lowest BCUT2D eigenvalue weighted by Crippen LogP contribution is -2.05. The van der Waals surface area contributed by atoms with Crippen molar-refractivity contribution in [3.05, 3.63) is 36.0 Å². The van der Waals surface area contributed by atoms with E-state index in [1.165, 1.54) is 0 Å². The molecule has 0 amide bonds. The van der Waals surface area contributed by atoms with E-state index in [0.29, 0.717) is 6.42 Å². The zero-order valence-corrected chi connectivity index (χ0v) is 14.6. The van der Waals surface area contributed by atoms with Crippen molar-refractivity contribution >= 4 is 11.8 Å². The predicted molar refractivity (Wildman–Crippen MR) is 95.7 cm³/mol. The topological polar surface area (TPSA) is 74.6 Å². The van der Waals surface area contributed by atoms with Crippen molar-refractivity contribution in [2.75, 3.05) is 0 Å². The molecule has 0 saturated heterocycles. The minimum Gasteiger partial charge on any atom is -0.481 e. The van der Waals surface area contributed by atoms with Crippen molar-refractivity contribution in [2.24, 2.45) is 5.92 Å². The van der Waals surface area contributed by atoms with Gasteiger partial charge in [0.05, 0.1) is 6.10 Å².